The molecule has 0 spiro atoms. The molecule has 1 heterocycles. The maximum Gasteiger partial charge on any atom is 0.427 e. The molecule has 1 aliphatic rings. The van der Waals surface area contributed by atoms with Crippen molar-refractivity contribution < 1.29 is 23.5 Å². The first-order valence-corrected chi connectivity index (χ1v) is 8.36. The number of hydrogen-bond acceptors (Lipinski definition) is 5. The summed E-state index contributed by atoms with van der Waals surface area (Å²) in [6.45, 7) is 1.87. The molecule has 2 amide bonds. The zero-order chi connectivity index (χ0) is 19.2. The molecule has 8 heteroatoms. The molecule has 0 aliphatic carbocycles. The molecule has 3 rings (SSSR count). The highest BCUT2D eigenvalue weighted by Gasteiger charge is 2.18. The first kappa shape index (κ1) is 18.4. The molecular weight excluding hydrogens is 353 g/mol. The van der Waals surface area contributed by atoms with Crippen LogP contribution in [0.3, 0.4) is 0 Å². The van der Waals surface area contributed by atoms with Gasteiger partial charge in [0, 0.05) is 12.0 Å². The minimum absolute atomic E-state index is 0.0344. The summed E-state index contributed by atoms with van der Waals surface area (Å²) in [6, 6.07) is 11.2. The number of nitrogens with one attached hydrogen (secondary N) is 2. The Morgan fingerprint density at radius 1 is 1.30 bits per heavy atom. The van der Waals surface area contributed by atoms with Crippen LogP contribution in [0.15, 0.2) is 47.6 Å². The molecule has 0 fully saturated rings. The second kappa shape index (κ2) is 8.31. The Morgan fingerprint density at radius 3 is 2.81 bits per heavy atom. The van der Waals surface area contributed by atoms with Gasteiger partial charge in [-0.2, -0.15) is 5.10 Å². The lowest BCUT2D eigenvalue weighted by atomic mass is 10.0. The van der Waals surface area contributed by atoms with Gasteiger partial charge in [-0.1, -0.05) is 12.1 Å². The molecule has 0 radical (unpaired) electrons. The number of halogens is 1. The third-order valence-corrected chi connectivity index (χ3v) is 3.79. The minimum Gasteiger partial charge on any atom is -0.482 e. The quantitative estimate of drug-likeness (QED) is 0.625. The largest absolute Gasteiger partial charge is 0.482 e. The van der Waals surface area contributed by atoms with E-state index in [1.54, 1.807) is 37.3 Å². The number of fused-ring (bicyclic) bond motifs is 1. The summed E-state index contributed by atoms with van der Waals surface area (Å²) >= 11 is 0. The van der Waals surface area contributed by atoms with Crippen molar-refractivity contribution in [1.29, 1.82) is 0 Å². The van der Waals surface area contributed by atoms with Crippen LogP contribution in [0.2, 0.25) is 0 Å². The molecule has 27 heavy (non-hydrogen) atoms. The minimum atomic E-state index is -0.677. The molecule has 2 aromatic rings. The van der Waals surface area contributed by atoms with Crippen LogP contribution in [0.1, 0.15) is 18.1 Å². The van der Waals surface area contributed by atoms with E-state index in [1.807, 2.05) is 0 Å². The number of amides is 2. The van der Waals surface area contributed by atoms with E-state index in [9.17, 15) is 14.0 Å². The number of ether oxygens (including phenoxy) is 2. The third kappa shape index (κ3) is 4.81. The lowest BCUT2D eigenvalue weighted by Gasteiger charge is -2.19. The predicted octanol–water partition coefficient (Wildman–Crippen LogP) is 2.85. The van der Waals surface area contributed by atoms with Gasteiger partial charge in [0.15, 0.2) is 6.61 Å². The van der Waals surface area contributed by atoms with Crippen molar-refractivity contribution in [2.45, 2.75) is 13.3 Å². The standard InChI is InChI=1S/C19H18FN3O4/c1-2-26-19(25)23-22-15(9-12-3-6-14(20)7-4-12)13-5-8-17-16(10-13)21-18(24)11-27-17/h3-8,10H,2,9,11H2,1H3,(H,21,24)(H,23,25)/b22-15+. The van der Waals surface area contributed by atoms with Gasteiger partial charge >= 0.3 is 6.09 Å². The van der Waals surface area contributed by atoms with E-state index in [2.05, 4.69) is 15.8 Å². The van der Waals surface area contributed by atoms with Gasteiger partial charge in [-0.15, -0.1) is 0 Å². The Bertz CT molecular complexity index is 881. The van der Waals surface area contributed by atoms with Crippen LogP contribution in [-0.2, 0) is 16.0 Å². The van der Waals surface area contributed by atoms with Crippen LogP contribution in [-0.4, -0.2) is 30.9 Å². The lowest BCUT2D eigenvalue weighted by Crippen LogP contribution is -2.26. The number of hydrazone groups is 1. The first-order chi connectivity index (χ1) is 13.0. The van der Waals surface area contributed by atoms with E-state index in [4.69, 9.17) is 9.47 Å². The van der Waals surface area contributed by atoms with E-state index in [0.29, 0.717) is 29.1 Å². The number of carbonyl (C=O) groups is 2. The SMILES string of the molecule is CCOC(=O)N/N=C(\Cc1ccc(F)cc1)c1ccc2c(c1)NC(=O)CO2. The zero-order valence-corrected chi connectivity index (χ0v) is 14.6. The molecule has 0 bridgehead atoms. The monoisotopic (exact) mass is 371 g/mol. The molecule has 0 unspecified atom stereocenters. The second-order valence-electron chi connectivity index (χ2n) is 5.74. The van der Waals surface area contributed by atoms with Crippen molar-refractivity contribution in [3.8, 4) is 5.75 Å². The zero-order valence-electron chi connectivity index (χ0n) is 14.6. The molecule has 1 aliphatic heterocycles. The van der Waals surface area contributed by atoms with Crippen molar-refractivity contribution in [1.82, 2.24) is 5.43 Å². The van der Waals surface area contributed by atoms with Crippen LogP contribution >= 0.6 is 0 Å². The summed E-state index contributed by atoms with van der Waals surface area (Å²) in [6.07, 6.45) is -0.344. The van der Waals surface area contributed by atoms with Gasteiger partial charge in [-0.3, -0.25) is 4.79 Å². The fourth-order valence-electron chi connectivity index (χ4n) is 2.54. The summed E-state index contributed by atoms with van der Waals surface area (Å²) < 4.78 is 23.3. The van der Waals surface area contributed by atoms with E-state index >= 15 is 0 Å². The highest BCUT2D eigenvalue weighted by molar-refractivity contribution is 6.04. The van der Waals surface area contributed by atoms with Gasteiger partial charge in [-0.05, 0) is 42.8 Å². The Morgan fingerprint density at radius 2 is 2.07 bits per heavy atom. The number of hydrogen-bond donors (Lipinski definition) is 2. The molecule has 0 saturated heterocycles. The number of anilines is 1. The van der Waals surface area contributed by atoms with Gasteiger partial charge < -0.3 is 14.8 Å². The average Bonchev–Trinajstić information content (AvgIpc) is 2.66. The normalized spacial score (nSPS) is 13.3. The predicted molar refractivity (Wildman–Crippen MR) is 97.4 cm³/mol. The van der Waals surface area contributed by atoms with E-state index in [1.165, 1.54) is 12.1 Å². The Hall–Kier alpha value is -3.42. The summed E-state index contributed by atoms with van der Waals surface area (Å²) in [7, 11) is 0. The molecule has 2 aromatic carbocycles. The van der Waals surface area contributed by atoms with Crippen molar-refractivity contribution in [3.05, 3.63) is 59.4 Å². The van der Waals surface area contributed by atoms with Crippen LogP contribution in [0, 0.1) is 5.82 Å². The van der Waals surface area contributed by atoms with Gasteiger partial charge in [0.25, 0.3) is 5.91 Å². The molecular formula is C19H18FN3O4. The van der Waals surface area contributed by atoms with Gasteiger partial charge in [0.2, 0.25) is 0 Å². The van der Waals surface area contributed by atoms with Gasteiger partial charge in [0.1, 0.15) is 11.6 Å². The Kier molecular flexibility index (Phi) is 5.65. The summed E-state index contributed by atoms with van der Waals surface area (Å²) in [4.78, 5) is 23.1. The van der Waals surface area contributed by atoms with Crippen LogP contribution in [0.5, 0.6) is 5.75 Å². The number of nitrogens with zero attached hydrogens (tertiary/aromatic N) is 1. The van der Waals surface area contributed by atoms with E-state index in [0.717, 1.165) is 5.56 Å². The number of carbonyl (C=O) groups excluding carboxylic acids is 2. The van der Waals surface area contributed by atoms with Gasteiger partial charge in [-0.25, -0.2) is 14.6 Å². The molecule has 7 nitrogen and oxygen atoms in total. The van der Waals surface area contributed by atoms with E-state index in [-0.39, 0.29) is 24.9 Å². The molecule has 0 atom stereocenters. The summed E-state index contributed by atoms with van der Waals surface area (Å²) in [5.41, 5.74) is 4.84. The fourth-order valence-corrected chi connectivity index (χ4v) is 2.54. The van der Waals surface area contributed by atoms with Gasteiger partial charge in [0.05, 0.1) is 18.0 Å². The maximum absolute atomic E-state index is 13.2. The Labute approximate surface area is 155 Å². The summed E-state index contributed by atoms with van der Waals surface area (Å²) in [5.74, 6) is -0.0327. The Balaban J connectivity index is 1.89. The number of benzene rings is 2. The smallest absolute Gasteiger partial charge is 0.427 e. The topological polar surface area (TPSA) is 89.0 Å². The van der Waals surface area contributed by atoms with Crippen molar-refractivity contribution in [2.24, 2.45) is 5.10 Å². The molecule has 2 N–H and O–H groups in total. The first-order valence-electron chi connectivity index (χ1n) is 8.36. The number of rotatable bonds is 5. The summed E-state index contributed by atoms with van der Waals surface area (Å²) in [5, 5.41) is 6.87. The molecule has 0 saturated carbocycles. The molecule has 140 valence electrons. The van der Waals surface area contributed by atoms with Crippen molar-refractivity contribution >= 4 is 23.4 Å². The van der Waals surface area contributed by atoms with E-state index < -0.39 is 6.09 Å². The maximum atomic E-state index is 13.2. The second-order valence-corrected chi connectivity index (χ2v) is 5.74. The van der Waals surface area contributed by atoms with Crippen LogP contribution < -0.4 is 15.5 Å². The highest BCUT2D eigenvalue weighted by Crippen LogP contribution is 2.29. The van der Waals surface area contributed by atoms with Crippen LogP contribution in [0.4, 0.5) is 14.9 Å². The van der Waals surface area contributed by atoms with Crippen molar-refractivity contribution in [2.75, 3.05) is 18.5 Å². The van der Waals surface area contributed by atoms with Crippen molar-refractivity contribution in [3.63, 3.8) is 0 Å². The van der Waals surface area contributed by atoms with Crippen LogP contribution in [0.25, 0.3) is 0 Å². The highest BCUT2D eigenvalue weighted by atomic mass is 19.1. The lowest BCUT2D eigenvalue weighted by molar-refractivity contribution is -0.118. The molecule has 0 aromatic heterocycles. The fraction of sp³-hybridized carbons (Fsp3) is 0.211. The average molecular weight is 371 g/mol. The third-order valence-electron chi connectivity index (χ3n) is 3.79.